The minimum atomic E-state index is -0.220. The molecule has 1 aliphatic carbocycles. The summed E-state index contributed by atoms with van der Waals surface area (Å²) in [6, 6.07) is 0. The SMILES string of the molecule is C=C(C)C(=O)OC1(CCC)CCCCC1C. The molecule has 0 spiro atoms. The van der Waals surface area contributed by atoms with Crippen LogP contribution in [0.2, 0.25) is 0 Å². The van der Waals surface area contributed by atoms with Crippen molar-refractivity contribution in [3.63, 3.8) is 0 Å². The molecule has 1 fully saturated rings. The first-order valence-corrected chi connectivity index (χ1v) is 6.40. The summed E-state index contributed by atoms with van der Waals surface area (Å²) in [5.41, 5.74) is 0.288. The average Bonchev–Trinajstić information content (AvgIpc) is 2.22. The van der Waals surface area contributed by atoms with Crippen LogP contribution in [0.25, 0.3) is 0 Å². The van der Waals surface area contributed by atoms with Gasteiger partial charge >= 0.3 is 5.97 Å². The fraction of sp³-hybridized carbons (Fsp3) is 0.786. The molecule has 1 aliphatic rings. The number of carbonyl (C=O) groups is 1. The maximum absolute atomic E-state index is 11.7. The summed E-state index contributed by atoms with van der Waals surface area (Å²) in [6.07, 6.45) is 6.66. The maximum Gasteiger partial charge on any atom is 0.333 e. The van der Waals surface area contributed by atoms with Crippen molar-refractivity contribution >= 4 is 5.97 Å². The Bertz CT molecular complexity index is 266. The van der Waals surface area contributed by atoms with E-state index >= 15 is 0 Å². The van der Waals surface area contributed by atoms with Gasteiger partial charge in [-0.05, 0) is 38.5 Å². The first-order chi connectivity index (χ1) is 7.52. The Morgan fingerprint density at radius 1 is 1.50 bits per heavy atom. The topological polar surface area (TPSA) is 26.3 Å². The van der Waals surface area contributed by atoms with Crippen molar-refractivity contribution in [1.29, 1.82) is 0 Å². The Hall–Kier alpha value is -0.790. The molecule has 2 unspecified atom stereocenters. The van der Waals surface area contributed by atoms with E-state index in [0.717, 1.165) is 19.3 Å². The van der Waals surface area contributed by atoms with Crippen LogP contribution < -0.4 is 0 Å². The highest BCUT2D eigenvalue weighted by Gasteiger charge is 2.40. The maximum atomic E-state index is 11.7. The average molecular weight is 224 g/mol. The molecule has 1 saturated carbocycles. The summed E-state index contributed by atoms with van der Waals surface area (Å²) in [4.78, 5) is 11.7. The van der Waals surface area contributed by atoms with Crippen molar-refractivity contribution < 1.29 is 9.53 Å². The van der Waals surface area contributed by atoms with Gasteiger partial charge in [0.2, 0.25) is 0 Å². The molecule has 0 bridgehead atoms. The van der Waals surface area contributed by atoms with Gasteiger partial charge in [0.15, 0.2) is 0 Å². The van der Waals surface area contributed by atoms with Gasteiger partial charge in [-0.25, -0.2) is 4.79 Å². The van der Waals surface area contributed by atoms with Crippen LogP contribution in [0.15, 0.2) is 12.2 Å². The summed E-state index contributed by atoms with van der Waals surface area (Å²) < 4.78 is 5.75. The molecule has 2 atom stereocenters. The van der Waals surface area contributed by atoms with Crippen LogP contribution in [0.3, 0.4) is 0 Å². The van der Waals surface area contributed by atoms with E-state index in [0.29, 0.717) is 11.5 Å². The lowest BCUT2D eigenvalue weighted by Gasteiger charge is -2.42. The summed E-state index contributed by atoms with van der Waals surface area (Å²) in [5, 5.41) is 0. The lowest BCUT2D eigenvalue weighted by atomic mass is 9.73. The highest BCUT2D eigenvalue weighted by Crippen LogP contribution is 2.40. The molecule has 0 aliphatic heterocycles. The first kappa shape index (κ1) is 13.3. The van der Waals surface area contributed by atoms with Crippen molar-refractivity contribution in [2.45, 2.75) is 64.9 Å². The van der Waals surface area contributed by atoms with Crippen LogP contribution >= 0.6 is 0 Å². The molecule has 0 N–H and O–H groups in total. The normalized spacial score (nSPS) is 29.8. The quantitative estimate of drug-likeness (QED) is 0.535. The Kier molecular flexibility index (Phi) is 4.57. The molecule has 0 radical (unpaired) electrons. The van der Waals surface area contributed by atoms with Gasteiger partial charge < -0.3 is 4.74 Å². The lowest BCUT2D eigenvalue weighted by Crippen LogP contribution is -2.43. The molecule has 0 heterocycles. The van der Waals surface area contributed by atoms with E-state index < -0.39 is 0 Å². The number of hydrogen-bond donors (Lipinski definition) is 0. The molecule has 0 aromatic rings. The van der Waals surface area contributed by atoms with E-state index in [2.05, 4.69) is 20.4 Å². The van der Waals surface area contributed by atoms with E-state index in [1.165, 1.54) is 19.3 Å². The highest BCUT2D eigenvalue weighted by molar-refractivity contribution is 5.87. The van der Waals surface area contributed by atoms with Gasteiger partial charge in [0, 0.05) is 5.57 Å². The van der Waals surface area contributed by atoms with Gasteiger partial charge in [0.25, 0.3) is 0 Å². The van der Waals surface area contributed by atoms with E-state index in [4.69, 9.17) is 4.74 Å². The lowest BCUT2D eigenvalue weighted by molar-refractivity contribution is -0.166. The van der Waals surface area contributed by atoms with Crippen molar-refractivity contribution in [2.24, 2.45) is 5.92 Å². The van der Waals surface area contributed by atoms with E-state index in [1.54, 1.807) is 6.92 Å². The largest absolute Gasteiger partial charge is 0.455 e. The number of carbonyl (C=O) groups excluding carboxylic acids is 1. The van der Waals surface area contributed by atoms with Crippen molar-refractivity contribution in [1.82, 2.24) is 0 Å². The van der Waals surface area contributed by atoms with E-state index in [-0.39, 0.29) is 11.6 Å². The zero-order valence-electron chi connectivity index (χ0n) is 10.8. The smallest absolute Gasteiger partial charge is 0.333 e. The van der Waals surface area contributed by atoms with Gasteiger partial charge in [-0.3, -0.25) is 0 Å². The second-order valence-corrected chi connectivity index (χ2v) is 5.13. The molecular formula is C14H24O2. The molecule has 0 saturated heterocycles. The van der Waals surface area contributed by atoms with Crippen molar-refractivity contribution in [2.75, 3.05) is 0 Å². The van der Waals surface area contributed by atoms with Gasteiger partial charge in [-0.1, -0.05) is 33.3 Å². The fourth-order valence-corrected chi connectivity index (χ4v) is 2.65. The zero-order valence-corrected chi connectivity index (χ0v) is 10.8. The Morgan fingerprint density at radius 2 is 2.19 bits per heavy atom. The second kappa shape index (κ2) is 5.51. The van der Waals surface area contributed by atoms with Crippen LogP contribution in [0.4, 0.5) is 0 Å². The molecule has 1 rings (SSSR count). The second-order valence-electron chi connectivity index (χ2n) is 5.13. The predicted octanol–water partition coefficient (Wildman–Crippen LogP) is 3.85. The summed E-state index contributed by atoms with van der Waals surface area (Å²) in [7, 11) is 0. The Labute approximate surface area is 99.1 Å². The number of rotatable bonds is 4. The zero-order chi connectivity index (χ0) is 12.2. The standard InChI is InChI=1S/C14H24O2/c1-5-9-14(16-13(15)11(2)3)10-7-6-8-12(14)4/h12H,2,5-10H2,1,3-4H3. The Balaban J connectivity index is 2.78. The monoisotopic (exact) mass is 224 g/mol. The highest BCUT2D eigenvalue weighted by atomic mass is 16.6. The van der Waals surface area contributed by atoms with Gasteiger partial charge in [0.1, 0.15) is 5.60 Å². The van der Waals surface area contributed by atoms with Crippen LogP contribution in [0.5, 0.6) is 0 Å². The minimum absolute atomic E-state index is 0.219. The van der Waals surface area contributed by atoms with Crippen molar-refractivity contribution in [3.8, 4) is 0 Å². The summed E-state index contributed by atoms with van der Waals surface area (Å²) in [6.45, 7) is 9.74. The van der Waals surface area contributed by atoms with Crippen LogP contribution in [-0.2, 0) is 9.53 Å². The third kappa shape index (κ3) is 2.87. The minimum Gasteiger partial charge on any atom is -0.455 e. The third-order valence-electron chi connectivity index (χ3n) is 3.70. The molecule has 0 aromatic carbocycles. The van der Waals surface area contributed by atoms with Crippen LogP contribution in [0, 0.1) is 5.92 Å². The molecule has 92 valence electrons. The van der Waals surface area contributed by atoms with E-state index in [9.17, 15) is 4.79 Å². The summed E-state index contributed by atoms with van der Waals surface area (Å²) in [5.74, 6) is 0.256. The van der Waals surface area contributed by atoms with Gasteiger partial charge in [-0.15, -0.1) is 0 Å². The fourth-order valence-electron chi connectivity index (χ4n) is 2.65. The van der Waals surface area contributed by atoms with E-state index in [1.807, 2.05) is 0 Å². The first-order valence-electron chi connectivity index (χ1n) is 6.40. The predicted molar refractivity (Wildman–Crippen MR) is 66.2 cm³/mol. The van der Waals surface area contributed by atoms with Crippen LogP contribution in [0.1, 0.15) is 59.3 Å². The molecule has 2 nitrogen and oxygen atoms in total. The summed E-state index contributed by atoms with van der Waals surface area (Å²) >= 11 is 0. The molecule has 16 heavy (non-hydrogen) atoms. The van der Waals surface area contributed by atoms with Crippen LogP contribution in [-0.4, -0.2) is 11.6 Å². The van der Waals surface area contributed by atoms with Gasteiger partial charge in [-0.2, -0.15) is 0 Å². The number of hydrogen-bond acceptors (Lipinski definition) is 2. The molecule has 0 amide bonds. The third-order valence-corrected chi connectivity index (χ3v) is 3.70. The van der Waals surface area contributed by atoms with Crippen molar-refractivity contribution in [3.05, 3.63) is 12.2 Å². The number of esters is 1. The molecular weight excluding hydrogens is 200 g/mol. The number of ether oxygens (including phenoxy) is 1. The Morgan fingerprint density at radius 3 is 2.69 bits per heavy atom. The molecule has 0 aromatic heterocycles. The molecule has 2 heteroatoms. The van der Waals surface area contributed by atoms with Gasteiger partial charge in [0.05, 0.1) is 0 Å².